The van der Waals surface area contributed by atoms with Crippen LogP contribution in [-0.4, -0.2) is 47.6 Å². The molecule has 280 valence electrons. The molecule has 6 aromatic rings. The van der Waals surface area contributed by atoms with Crippen LogP contribution in [0.1, 0.15) is 43.4 Å². The predicted molar refractivity (Wildman–Crippen MR) is 199 cm³/mol. The van der Waals surface area contributed by atoms with Crippen LogP contribution in [0.15, 0.2) is 95.0 Å². The molecule has 1 aliphatic rings. The second-order valence-electron chi connectivity index (χ2n) is 13.0. The molecule has 0 saturated carbocycles. The maximum atomic E-state index is 15.9. The van der Waals surface area contributed by atoms with Crippen molar-refractivity contribution in [3.05, 3.63) is 119 Å². The van der Waals surface area contributed by atoms with Gasteiger partial charge in [0.05, 0.1) is 34.2 Å². The number of esters is 1. The van der Waals surface area contributed by atoms with Gasteiger partial charge in [-0.3, -0.25) is 9.48 Å². The van der Waals surface area contributed by atoms with Crippen LogP contribution < -0.4 is 9.47 Å². The Morgan fingerprint density at radius 1 is 1.02 bits per heavy atom. The van der Waals surface area contributed by atoms with E-state index in [-0.39, 0.29) is 44.6 Å². The van der Waals surface area contributed by atoms with Crippen LogP contribution in [0, 0.1) is 24.4 Å². The number of rotatable bonds is 11. The first-order valence-electron chi connectivity index (χ1n) is 17.2. The first-order chi connectivity index (χ1) is 25.9. The molecule has 0 N–H and O–H groups in total. The molecular weight excluding hydrogens is 740 g/mol. The van der Waals surface area contributed by atoms with Crippen molar-refractivity contribution < 1.29 is 40.6 Å². The zero-order chi connectivity index (χ0) is 38.4. The molecule has 1 unspecified atom stereocenters. The molecule has 0 fully saturated rings. The van der Waals surface area contributed by atoms with E-state index in [0.29, 0.717) is 31.8 Å². The summed E-state index contributed by atoms with van der Waals surface area (Å²) in [7, 11) is -4.27. The van der Waals surface area contributed by atoms with Crippen molar-refractivity contribution in [3.8, 4) is 28.5 Å². The Morgan fingerprint density at radius 3 is 2.54 bits per heavy atom. The molecule has 14 heteroatoms. The predicted octanol–water partition coefficient (Wildman–Crippen LogP) is 9.02. The highest BCUT2D eigenvalue weighted by atomic mass is 32.2. The molecule has 9 nitrogen and oxygen atoms in total. The zero-order valence-electron chi connectivity index (χ0n) is 29.9. The van der Waals surface area contributed by atoms with E-state index >= 15 is 13.2 Å². The lowest BCUT2D eigenvalue weighted by atomic mass is 9.84. The van der Waals surface area contributed by atoms with Gasteiger partial charge < -0.3 is 14.2 Å². The third kappa shape index (κ3) is 6.51. The molecule has 2 aromatic heterocycles. The largest absolute Gasteiger partial charge is 0.493 e. The minimum atomic E-state index is -4.27. The highest BCUT2D eigenvalue weighted by molar-refractivity contribution is 7.99. The fraction of sp³-hybridized carbons (Fsp3) is 0.250. The van der Waals surface area contributed by atoms with Crippen molar-refractivity contribution in [2.45, 2.75) is 55.4 Å². The molecule has 1 aliphatic heterocycles. The number of halogens is 3. The minimum Gasteiger partial charge on any atom is -0.493 e. The Bertz CT molecular complexity index is 2520. The number of carbonyl (C=O) groups excluding carboxylic acids is 1. The third-order valence-corrected chi connectivity index (χ3v) is 12.1. The Morgan fingerprint density at radius 2 is 1.80 bits per heavy atom. The van der Waals surface area contributed by atoms with Crippen molar-refractivity contribution in [3.63, 3.8) is 0 Å². The van der Waals surface area contributed by atoms with Gasteiger partial charge in [-0.25, -0.2) is 21.2 Å². The maximum Gasteiger partial charge on any atom is 0.306 e. The summed E-state index contributed by atoms with van der Waals surface area (Å²) < 4.78 is 93.9. The fourth-order valence-corrected chi connectivity index (χ4v) is 8.80. The van der Waals surface area contributed by atoms with Crippen LogP contribution >= 0.6 is 11.8 Å². The average Bonchev–Trinajstić information content (AvgIpc) is 3.84. The molecule has 0 amide bonds. The number of fused-ring (bicyclic) bond motifs is 2. The van der Waals surface area contributed by atoms with E-state index in [9.17, 15) is 13.2 Å². The molecule has 1 atom stereocenters. The fourth-order valence-electron chi connectivity index (χ4n) is 6.75. The first-order valence-corrected chi connectivity index (χ1v) is 19.9. The van der Waals surface area contributed by atoms with Crippen LogP contribution in [0.3, 0.4) is 0 Å². The topological polar surface area (TPSA) is 102 Å². The second-order valence-corrected chi connectivity index (χ2v) is 15.7. The van der Waals surface area contributed by atoms with Gasteiger partial charge in [-0.1, -0.05) is 35.9 Å². The molecule has 0 radical (unpaired) electrons. The molecule has 0 spiro atoms. The van der Waals surface area contributed by atoms with Gasteiger partial charge >= 0.3 is 5.97 Å². The van der Waals surface area contributed by atoms with Crippen LogP contribution in [-0.2, 0) is 31.5 Å². The van der Waals surface area contributed by atoms with E-state index in [1.807, 2.05) is 25.1 Å². The van der Waals surface area contributed by atoms with E-state index in [1.54, 1.807) is 49.2 Å². The Kier molecular flexibility index (Phi) is 10.0. The van der Waals surface area contributed by atoms with E-state index in [1.165, 1.54) is 36.5 Å². The molecule has 7 rings (SSSR count). The van der Waals surface area contributed by atoms with Gasteiger partial charge in [-0.15, -0.1) is 11.8 Å². The molecular formula is C40H36F3N3O6S2. The number of benzene rings is 4. The Balaban J connectivity index is 1.21. The van der Waals surface area contributed by atoms with Gasteiger partial charge in [0.25, 0.3) is 10.0 Å². The molecule has 0 aliphatic carbocycles. The van der Waals surface area contributed by atoms with Gasteiger partial charge in [0.2, 0.25) is 5.82 Å². The molecule has 0 bridgehead atoms. The Hall–Kier alpha value is -5.21. The highest BCUT2D eigenvalue weighted by Crippen LogP contribution is 2.45. The summed E-state index contributed by atoms with van der Waals surface area (Å²) in [6.07, 6.45) is 5.76. The van der Waals surface area contributed by atoms with Gasteiger partial charge in [0, 0.05) is 41.7 Å². The normalized spacial score (nSPS) is 15.5. The number of ether oxygens (including phenoxy) is 3. The number of aryl methyl sites for hydroxylation is 2. The summed E-state index contributed by atoms with van der Waals surface area (Å²) in [5.41, 5.74) is 1.77. The smallest absolute Gasteiger partial charge is 0.306 e. The number of thioether (sulfide) groups is 1. The summed E-state index contributed by atoms with van der Waals surface area (Å²) in [5.74, 6) is -3.49. The first kappa shape index (κ1) is 37.1. The van der Waals surface area contributed by atoms with Crippen molar-refractivity contribution in [1.29, 1.82) is 0 Å². The number of aromatic nitrogens is 3. The van der Waals surface area contributed by atoms with Gasteiger partial charge in [-0.05, 0) is 81.5 Å². The summed E-state index contributed by atoms with van der Waals surface area (Å²) in [6, 6.07) is 18.7. The van der Waals surface area contributed by atoms with Crippen LogP contribution in [0.2, 0.25) is 0 Å². The van der Waals surface area contributed by atoms with Crippen LogP contribution in [0.4, 0.5) is 13.2 Å². The lowest BCUT2D eigenvalue weighted by molar-refractivity contribution is -0.143. The molecule has 3 heterocycles. The minimum absolute atomic E-state index is 0.00877. The molecule has 0 saturated heterocycles. The van der Waals surface area contributed by atoms with Gasteiger partial charge in [0.1, 0.15) is 22.8 Å². The van der Waals surface area contributed by atoms with Crippen LogP contribution in [0.5, 0.6) is 17.2 Å². The second kappa shape index (κ2) is 14.6. The summed E-state index contributed by atoms with van der Waals surface area (Å²) in [4.78, 5) is 12.1. The number of carbonyl (C=O) groups is 1. The van der Waals surface area contributed by atoms with E-state index in [4.69, 9.17) is 19.3 Å². The van der Waals surface area contributed by atoms with E-state index in [0.717, 1.165) is 38.5 Å². The number of para-hydroxylation sites is 1. The van der Waals surface area contributed by atoms with Crippen molar-refractivity contribution >= 4 is 38.7 Å². The number of hydrogen-bond donors (Lipinski definition) is 0. The van der Waals surface area contributed by atoms with Gasteiger partial charge in [-0.2, -0.15) is 9.49 Å². The molecule has 4 aromatic carbocycles. The monoisotopic (exact) mass is 775 g/mol. The van der Waals surface area contributed by atoms with Crippen molar-refractivity contribution in [1.82, 2.24) is 13.8 Å². The lowest BCUT2D eigenvalue weighted by Crippen LogP contribution is -2.37. The standard InChI is InChI=1S/C40H36F3N3O6S2/c1-5-50-33(47)16-11-25-7-6-8-30-37(25)51-22-19-40(30,3)46-21-18-32(44-46)29-23-26(12-15-31(29)41)52-38-35(43)34(42)36-28(39(38)53-4)17-20-45(36)54(48,49)27-13-9-24(2)10-14-27/h6-10,12-15,17-18,20-21,23H,5,11,16,19,22H2,1-4H3. The third-order valence-electron chi connectivity index (χ3n) is 9.63. The molecule has 54 heavy (non-hydrogen) atoms. The summed E-state index contributed by atoms with van der Waals surface area (Å²) in [5, 5.41) is 4.89. The average molecular weight is 776 g/mol. The lowest BCUT2D eigenvalue weighted by Gasteiger charge is -2.37. The van der Waals surface area contributed by atoms with Gasteiger partial charge in [0.15, 0.2) is 11.6 Å². The quantitative estimate of drug-likeness (QED) is 0.0950. The zero-order valence-corrected chi connectivity index (χ0v) is 31.5. The highest BCUT2D eigenvalue weighted by Gasteiger charge is 2.37. The Labute approximate surface area is 314 Å². The SMILES string of the molecule is CCOC(=O)CCc1cccc2c1OCCC2(C)n1ccc(-c2cc(Oc3c(F)c(F)c4c(ccn4S(=O)(=O)c4ccc(C)cc4)c3SC)ccc2F)n1. The number of hydrogen-bond acceptors (Lipinski definition) is 8. The van der Waals surface area contributed by atoms with Crippen LogP contribution in [0.25, 0.3) is 22.2 Å². The summed E-state index contributed by atoms with van der Waals surface area (Å²) in [6.45, 7) is 6.27. The number of nitrogens with zero attached hydrogens (tertiary/aromatic N) is 3. The maximum absolute atomic E-state index is 15.9. The van der Waals surface area contributed by atoms with Crippen molar-refractivity contribution in [2.75, 3.05) is 19.5 Å². The van der Waals surface area contributed by atoms with E-state index < -0.39 is 44.3 Å². The van der Waals surface area contributed by atoms with E-state index in [2.05, 4.69) is 0 Å². The summed E-state index contributed by atoms with van der Waals surface area (Å²) >= 11 is 1.05. The van der Waals surface area contributed by atoms with Crippen molar-refractivity contribution in [2.24, 2.45) is 0 Å².